The van der Waals surface area contributed by atoms with Gasteiger partial charge in [0.25, 0.3) is 0 Å². The number of nitrogens with two attached hydrogens (primary N) is 1. The molecule has 0 spiro atoms. The number of hydrogen-bond donors (Lipinski definition) is 1. The van der Waals surface area contributed by atoms with Crippen molar-refractivity contribution in [2.24, 2.45) is 11.7 Å². The summed E-state index contributed by atoms with van der Waals surface area (Å²) in [5, 5.41) is 0.0282. The summed E-state index contributed by atoms with van der Waals surface area (Å²) in [5.41, 5.74) is 7.18. The monoisotopic (exact) mass is 292 g/mol. The van der Waals surface area contributed by atoms with Crippen LogP contribution in [0.25, 0.3) is 0 Å². The van der Waals surface area contributed by atoms with Crippen molar-refractivity contribution in [1.82, 2.24) is 4.90 Å². The SMILES string of the molecule is CC(C)C(SCc1ccccc1)C(=O)N1CC[C@@H](N)C1. The number of rotatable bonds is 5. The standard InChI is InChI=1S/C16H24N2OS/c1-12(2)15(16(19)18-9-8-14(17)10-18)20-11-13-6-4-3-5-7-13/h3-7,12,14-15H,8-11,17H2,1-2H3/t14-,15?/m1/s1. The highest BCUT2D eigenvalue weighted by atomic mass is 32.2. The Balaban J connectivity index is 1.95. The molecular formula is C16H24N2OS. The second-order valence-electron chi connectivity index (χ2n) is 5.79. The molecule has 2 rings (SSSR count). The second kappa shape index (κ2) is 7.14. The van der Waals surface area contributed by atoms with Crippen molar-refractivity contribution in [2.45, 2.75) is 37.3 Å². The molecule has 0 bridgehead atoms. The summed E-state index contributed by atoms with van der Waals surface area (Å²) in [6, 6.07) is 10.5. The molecule has 1 amide bonds. The van der Waals surface area contributed by atoms with Crippen LogP contribution >= 0.6 is 11.8 Å². The van der Waals surface area contributed by atoms with E-state index in [4.69, 9.17) is 5.73 Å². The van der Waals surface area contributed by atoms with Crippen molar-refractivity contribution in [2.75, 3.05) is 13.1 Å². The van der Waals surface area contributed by atoms with E-state index in [-0.39, 0.29) is 17.2 Å². The first-order valence-electron chi connectivity index (χ1n) is 7.28. The Morgan fingerprint density at radius 1 is 1.40 bits per heavy atom. The number of carbonyl (C=O) groups is 1. The van der Waals surface area contributed by atoms with Gasteiger partial charge < -0.3 is 10.6 Å². The Hall–Kier alpha value is -1.00. The van der Waals surface area contributed by atoms with Crippen molar-refractivity contribution in [3.05, 3.63) is 35.9 Å². The van der Waals surface area contributed by atoms with Crippen LogP contribution in [0.4, 0.5) is 0 Å². The van der Waals surface area contributed by atoms with Gasteiger partial charge in [-0.25, -0.2) is 0 Å². The van der Waals surface area contributed by atoms with E-state index in [1.54, 1.807) is 11.8 Å². The zero-order valence-electron chi connectivity index (χ0n) is 12.3. The minimum atomic E-state index is 0.0282. The molecule has 4 heteroatoms. The summed E-state index contributed by atoms with van der Waals surface area (Å²) in [5.74, 6) is 1.48. The van der Waals surface area contributed by atoms with Crippen LogP contribution in [0.5, 0.6) is 0 Å². The normalized spacial score (nSPS) is 20.4. The zero-order chi connectivity index (χ0) is 14.5. The Labute approximate surface area is 125 Å². The summed E-state index contributed by atoms with van der Waals surface area (Å²) in [6.07, 6.45) is 0.930. The fourth-order valence-corrected chi connectivity index (χ4v) is 3.72. The molecule has 1 aromatic rings. The van der Waals surface area contributed by atoms with Crippen LogP contribution in [0.1, 0.15) is 25.8 Å². The first kappa shape index (κ1) is 15.4. The highest BCUT2D eigenvalue weighted by Crippen LogP contribution is 2.26. The summed E-state index contributed by atoms with van der Waals surface area (Å²) < 4.78 is 0. The van der Waals surface area contributed by atoms with Crippen LogP contribution in [-0.2, 0) is 10.5 Å². The van der Waals surface area contributed by atoms with E-state index in [0.29, 0.717) is 12.5 Å². The van der Waals surface area contributed by atoms with Gasteiger partial charge in [0.15, 0.2) is 0 Å². The number of nitrogens with zero attached hydrogens (tertiary/aromatic N) is 1. The molecule has 1 aliphatic heterocycles. The molecule has 1 heterocycles. The summed E-state index contributed by atoms with van der Waals surface area (Å²) in [4.78, 5) is 14.5. The molecule has 1 aliphatic rings. The number of thioether (sulfide) groups is 1. The summed E-state index contributed by atoms with van der Waals surface area (Å²) >= 11 is 1.75. The van der Waals surface area contributed by atoms with Gasteiger partial charge in [0.1, 0.15) is 0 Å². The lowest BCUT2D eigenvalue weighted by molar-refractivity contribution is -0.130. The van der Waals surface area contributed by atoms with Crippen LogP contribution in [0, 0.1) is 5.92 Å². The van der Waals surface area contributed by atoms with E-state index < -0.39 is 0 Å². The summed E-state index contributed by atoms with van der Waals surface area (Å²) in [6.45, 7) is 5.77. The Bertz CT molecular complexity index is 435. The highest BCUT2D eigenvalue weighted by Gasteiger charge is 2.31. The zero-order valence-corrected chi connectivity index (χ0v) is 13.1. The largest absolute Gasteiger partial charge is 0.340 e. The maximum Gasteiger partial charge on any atom is 0.236 e. The van der Waals surface area contributed by atoms with Crippen molar-refractivity contribution < 1.29 is 4.79 Å². The lowest BCUT2D eigenvalue weighted by Crippen LogP contribution is -2.40. The molecule has 3 nitrogen and oxygen atoms in total. The van der Waals surface area contributed by atoms with Crippen LogP contribution in [0.3, 0.4) is 0 Å². The molecule has 2 atom stereocenters. The average molecular weight is 292 g/mol. The first-order chi connectivity index (χ1) is 9.58. The maximum absolute atomic E-state index is 12.6. The molecule has 1 fully saturated rings. The van der Waals surface area contributed by atoms with Gasteiger partial charge in [0, 0.05) is 24.9 Å². The Kier molecular flexibility index (Phi) is 5.49. The first-order valence-corrected chi connectivity index (χ1v) is 8.32. The third-order valence-electron chi connectivity index (χ3n) is 3.66. The smallest absolute Gasteiger partial charge is 0.236 e. The Morgan fingerprint density at radius 3 is 2.65 bits per heavy atom. The molecule has 0 radical (unpaired) electrons. The molecule has 0 aliphatic carbocycles. The molecule has 20 heavy (non-hydrogen) atoms. The molecule has 0 saturated carbocycles. The van der Waals surface area contributed by atoms with Crippen molar-refractivity contribution >= 4 is 17.7 Å². The van der Waals surface area contributed by atoms with E-state index in [0.717, 1.165) is 18.7 Å². The van der Waals surface area contributed by atoms with Gasteiger partial charge in [-0.3, -0.25) is 4.79 Å². The van der Waals surface area contributed by atoms with Crippen molar-refractivity contribution in [3.63, 3.8) is 0 Å². The van der Waals surface area contributed by atoms with Crippen molar-refractivity contribution in [1.29, 1.82) is 0 Å². The minimum absolute atomic E-state index is 0.0282. The summed E-state index contributed by atoms with van der Waals surface area (Å²) in [7, 11) is 0. The lowest BCUT2D eigenvalue weighted by atomic mass is 10.1. The molecule has 1 saturated heterocycles. The molecule has 2 N–H and O–H groups in total. The third kappa shape index (κ3) is 4.00. The van der Waals surface area contributed by atoms with Gasteiger partial charge in [-0.15, -0.1) is 11.8 Å². The minimum Gasteiger partial charge on any atom is -0.340 e. The second-order valence-corrected chi connectivity index (χ2v) is 6.92. The van der Waals surface area contributed by atoms with E-state index in [1.807, 2.05) is 23.1 Å². The van der Waals surface area contributed by atoms with Crippen LogP contribution in [0.2, 0.25) is 0 Å². The number of benzene rings is 1. The molecule has 110 valence electrons. The predicted molar refractivity (Wildman–Crippen MR) is 85.5 cm³/mol. The van der Waals surface area contributed by atoms with Gasteiger partial charge in [-0.2, -0.15) is 0 Å². The van der Waals surface area contributed by atoms with E-state index >= 15 is 0 Å². The predicted octanol–water partition coefficient (Wildman–Crippen LogP) is 2.50. The van der Waals surface area contributed by atoms with E-state index in [1.165, 1.54) is 5.56 Å². The quantitative estimate of drug-likeness (QED) is 0.907. The van der Waals surface area contributed by atoms with E-state index in [9.17, 15) is 4.79 Å². The van der Waals surface area contributed by atoms with Gasteiger partial charge in [-0.05, 0) is 17.9 Å². The fourth-order valence-electron chi connectivity index (χ4n) is 2.48. The maximum atomic E-state index is 12.6. The van der Waals surface area contributed by atoms with E-state index in [2.05, 4.69) is 26.0 Å². The van der Waals surface area contributed by atoms with Crippen molar-refractivity contribution in [3.8, 4) is 0 Å². The Morgan fingerprint density at radius 2 is 2.10 bits per heavy atom. The number of hydrogen-bond acceptors (Lipinski definition) is 3. The fraction of sp³-hybridized carbons (Fsp3) is 0.562. The van der Waals surface area contributed by atoms with Crippen LogP contribution in [0.15, 0.2) is 30.3 Å². The number of amides is 1. The van der Waals surface area contributed by atoms with Gasteiger partial charge in [0.05, 0.1) is 5.25 Å². The third-order valence-corrected chi connectivity index (χ3v) is 5.26. The lowest BCUT2D eigenvalue weighted by Gasteiger charge is -2.25. The number of likely N-dealkylation sites (tertiary alicyclic amines) is 1. The molecule has 1 aromatic carbocycles. The van der Waals surface area contributed by atoms with Crippen LogP contribution in [-0.4, -0.2) is 35.2 Å². The van der Waals surface area contributed by atoms with Gasteiger partial charge in [-0.1, -0.05) is 44.2 Å². The molecule has 0 aromatic heterocycles. The van der Waals surface area contributed by atoms with Gasteiger partial charge >= 0.3 is 0 Å². The average Bonchev–Trinajstić information content (AvgIpc) is 2.86. The highest BCUT2D eigenvalue weighted by molar-refractivity contribution is 7.99. The van der Waals surface area contributed by atoms with Crippen LogP contribution < -0.4 is 5.73 Å². The topological polar surface area (TPSA) is 46.3 Å². The molecular weight excluding hydrogens is 268 g/mol. The number of carbonyl (C=O) groups excluding carboxylic acids is 1. The molecule has 1 unspecified atom stereocenters. The van der Waals surface area contributed by atoms with Gasteiger partial charge in [0.2, 0.25) is 5.91 Å².